The maximum absolute atomic E-state index is 12.5. The number of esters is 1. The van der Waals surface area contributed by atoms with Crippen molar-refractivity contribution in [2.45, 2.75) is 20.8 Å². The van der Waals surface area contributed by atoms with Gasteiger partial charge in [-0.3, -0.25) is 0 Å². The molecule has 0 saturated heterocycles. The molecule has 1 aliphatic rings. The second-order valence-electron chi connectivity index (χ2n) is 6.88. The van der Waals surface area contributed by atoms with Crippen molar-refractivity contribution < 1.29 is 14.3 Å². The minimum absolute atomic E-state index is 0.289. The Morgan fingerprint density at radius 1 is 1.12 bits per heavy atom. The fourth-order valence-corrected chi connectivity index (χ4v) is 3.63. The van der Waals surface area contributed by atoms with Crippen LogP contribution in [0.15, 0.2) is 48.2 Å². The first kappa shape index (κ1) is 17.6. The summed E-state index contributed by atoms with van der Waals surface area (Å²) in [5.41, 5.74) is 3.69. The van der Waals surface area contributed by atoms with Crippen LogP contribution in [0.5, 0.6) is 0 Å². The number of carbonyl (C=O) groups is 1. The van der Waals surface area contributed by atoms with Gasteiger partial charge in [-0.05, 0) is 43.5 Å². The number of hydrogen-bond donors (Lipinski definition) is 0. The van der Waals surface area contributed by atoms with Crippen molar-refractivity contribution in [1.29, 1.82) is 0 Å². The highest BCUT2D eigenvalue weighted by Crippen LogP contribution is 2.42. The molecule has 1 heterocycles. The van der Waals surface area contributed by atoms with Crippen LogP contribution in [0.2, 0.25) is 5.02 Å². The third kappa shape index (κ3) is 3.16. The van der Waals surface area contributed by atoms with Crippen molar-refractivity contribution in [3.05, 3.63) is 64.4 Å². The molecular weight excluding hydrogens is 336 g/mol. The second-order valence-corrected chi connectivity index (χ2v) is 7.29. The molecule has 0 aromatic heterocycles. The molecular formula is C21H21ClO3. The van der Waals surface area contributed by atoms with Crippen LogP contribution in [0.3, 0.4) is 0 Å². The number of hydrogen-bond acceptors (Lipinski definition) is 3. The number of ether oxygens (including phenoxy) is 2. The minimum Gasteiger partial charge on any atom is -0.499 e. The van der Waals surface area contributed by atoms with E-state index in [2.05, 4.69) is 0 Å². The van der Waals surface area contributed by atoms with Crippen LogP contribution in [-0.4, -0.2) is 19.7 Å². The number of rotatable bonds is 3. The molecule has 2 aromatic carbocycles. The molecule has 0 N–H and O–H groups in total. The van der Waals surface area contributed by atoms with E-state index in [1.807, 2.05) is 63.2 Å². The van der Waals surface area contributed by atoms with Crippen molar-refractivity contribution in [3.8, 4) is 11.1 Å². The van der Waals surface area contributed by atoms with E-state index in [1.165, 1.54) is 0 Å². The SMILES string of the molecule is COC1=C(c2c(C)cc(-c3ccccc3)cc2Cl)C(=O)OCC1(C)C. The van der Waals surface area contributed by atoms with Gasteiger partial charge < -0.3 is 9.47 Å². The Hall–Kier alpha value is -2.26. The van der Waals surface area contributed by atoms with Crippen molar-refractivity contribution in [2.24, 2.45) is 5.41 Å². The maximum atomic E-state index is 12.5. The third-order valence-corrected chi connectivity index (χ3v) is 4.76. The Bertz CT molecular complexity index is 828. The third-order valence-electron chi connectivity index (χ3n) is 4.46. The summed E-state index contributed by atoms with van der Waals surface area (Å²) in [4.78, 5) is 12.5. The predicted molar refractivity (Wildman–Crippen MR) is 100 cm³/mol. The lowest BCUT2D eigenvalue weighted by Crippen LogP contribution is -2.33. The average molecular weight is 357 g/mol. The Kier molecular flexibility index (Phi) is 4.61. The monoisotopic (exact) mass is 356 g/mol. The van der Waals surface area contributed by atoms with Crippen molar-refractivity contribution in [1.82, 2.24) is 0 Å². The van der Waals surface area contributed by atoms with Gasteiger partial charge in [0.05, 0.1) is 12.5 Å². The summed E-state index contributed by atoms with van der Waals surface area (Å²) in [6.45, 7) is 6.21. The van der Waals surface area contributed by atoms with Gasteiger partial charge in [0.15, 0.2) is 0 Å². The molecule has 0 amide bonds. The van der Waals surface area contributed by atoms with Gasteiger partial charge in [0.25, 0.3) is 0 Å². The first-order chi connectivity index (χ1) is 11.8. The summed E-state index contributed by atoms with van der Waals surface area (Å²) in [6, 6.07) is 13.9. The zero-order valence-electron chi connectivity index (χ0n) is 14.9. The first-order valence-corrected chi connectivity index (χ1v) is 8.55. The molecule has 0 bridgehead atoms. The highest BCUT2D eigenvalue weighted by atomic mass is 35.5. The van der Waals surface area contributed by atoms with E-state index >= 15 is 0 Å². The smallest absolute Gasteiger partial charge is 0.342 e. The topological polar surface area (TPSA) is 35.5 Å². The van der Waals surface area contributed by atoms with E-state index < -0.39 is 11.4 Å². The zero-order chi connectivity index (χ0) is 18.2. The molecule has 0 fully saturated rings. The quantitative estimate of drug-likeness (QED) is 0.704. The average Bonchev–Trinajstić information content (AvgIpc) is 2.58. The summed E-state index contributed by atoms with van der Waals surface area (Å²) in [5, 5.41) is 0.512. The van der Waals surface area contributed by atoms with Crippen molar-refractivity contribution >= 4 is 23.1 Å². The zero-order valence-corrected chi connectivity index (χ0v) is 15.6. The fourth-order valence-electron chi connectivity index (χ4n) is 3.27. The summed E-state index contributed by atoms with van der Waals surface area (Å²) in [5.74, 6) is 0.217. The predicted octanol–water partition coefficient (Wildman–Crippen LogP) is 5.26. The number of aryl methyl sites for hydroxylation is 1. The molecule has 4 heteroatoms. The van der Waals surface area contributed by atoms with Gasteiger partial charge in [0, 0.05) is 10.6 Å². The minimum atomic E-state index is -0.397. The van der Waals surface area contributed by atoms with Crippen LogP contribution in [0.25, 0.3) is 16.7 Å². The molecule has 2 aromatic rings. The van der Waals surface area contributed by atoms with Crippen LogP contribution >= 0.6 is 11.6 Å². The molecule has 3 nitrogen and oxygen atoms in total. The van der Waals surface area contributed by atoms with Gasteiger partial charge in [-0.2, -0.15) is 0 Å². The van der Waals surface area contributed by atoms with E-state index in [-0.39, 0.29) is 6.61 Å². The molecule has 0 spiro atoms. The molecule has 0 aliphatic carbocycles. The van der Waals surface area contributed by atoms with Crippen LogP contribution in [0.4, 0.5) is 0 Å². The van der Waals surface area contributed by atoms with E-state index in [9.17, 15) is 4.79 Å². The Morgan fingerprint density at radius 2 is 1.80 bits per heavy atom. The Balaban J connectivity index is 2.21. The summed E-state index contributed by atoms with van der Waals surface area (Å²) in [7, 11) is 1.58. The number of methoxy groups -OCH3 is 1. The van der Waals surface area contributed by atoms with Crippen molar-refractivity contribution in [3.63, 3.8) is 0 Å². The lowest BCUT2D eigenvalue weighted by Gasteiger charge is -2.33. The summed E-state index contributed by atoms with van der Waals surface area (Å²) in [6.07, 6.45) is 0. The number of cyclic esters (lactones) is 1. The highest BCUT2D eigenvalue weighted by molar-refractivity contribution is 6.35. The summed E-state index contributed by atoms with van der Waals surface area (Å²) >= 11 is 6.60. The van der Waals surface area contributed by atoms with Gasteiger partial charge in [0.2, 0.25) is 0 Å². The van der Waals surface area contributed by atoms with Gasteiger partial charge >= 0.3 is 5.97 Å². The van der Waals surface area contributed by atoms with Gasteiger partial charge in [0.1, 0.15) is 17.9 Å². The van der Waals surface area contributed by atoms with Crippen LogP contribution < -0.4 is 0 Å². The van der Waals surface area contributed by atoms with Gasteiger partial charge in [-0.25, -0.2) is 4.79 Å². The van der Waals surface area contributed by atoms with E-state index in [4.69, 9.17) is 21.1 Å². The lowest BCUT2D eigenvalue weighted by molar-refractivity contribution is -0.141. The molecule has 130 valence electrons. The highest BCUT2D eigenvalue weighted by Gasteiger charge is 2.39. The summed E-state index contributed by atoms with van der Waals surface area (Å²) < 4.78 is 11.0. The second kappa shape index (κ2) is 6.57. The normalized spacial score (nSPS) is 16.6. The molecule has 0 saturated carbocycles. The molecule has 0 atom stereocenters. The Morgan fingerprint density at radius 3 is 2.40 bits per heavy atom. The largest absolute Gasteiger partial charge is 0.499 e. The van der Waals surface area contributed by atoms with Crippen LogP contribution in [0.1, 0.15) is 25.0 Å². The molecule has 3 rings (SSSR count). The molecule has 25 heavy (non-hydrogen) atoms. The van der Waals surface area contributed by atoms with Gasteiger partial charge in [-0.1, -0.05) is 48.0 Å². The van der Waals surface area contributed by atoms with E-state index in [0.29, 0.717) is 21.9 Å². The van der Waals surface area contributed by atoms with E-state index in [1.54, 1.807) is 7.11 Å². The molecule has 0 radical (unpaired) electrons. The lowest BCUT2D eigenvalue weighted by atomic mass is 9.83. The number of halogens is 1. The van der Waals surface area contributed by atoms with E-state index in [0.717, 1.165) is 16.7 Å². The standard InChI is InChI=1S/C21H21ClO3/c1-13-10-15(14-8-6-5-7-9-14)11-16(22)17(13)18-19(24-4)21(2,3)12-25-20(18)23/h5-11H,12H2,1-4H3. The van der Waals surface area contributed by atoms with Crippen molar-refractivity contribution in [2.75, 3.05) is 13.7 Å². The number of benzene rings is 2. The first-order valence-electron chi connectivity index (χ1n) is 8.17. The maximum Gasteiger partial charge on any atom is 0.342 e. The molecule has 0 unspecified atom stereocenters. The van der Waals surface area contributed by atoms with Crippen LogP contribution in [-0.2, 0) is 14.3 Å². The number of carbonyl (C=O) groups excluding carboxylic acids is 1. The molecule has 1 aliphatic heterocycles. The van der Waals surface area contributed by atoms with Crippen LogP contribution in [0, 0.1) is 12.3 Å². The fraction of sp³-hybridized carbons (Fsp3) is 0.286. The van der Waals surface area contributed by atoms with Gasteiger partial charge in [-0.15, -0.1) is 0 Å². The Labute approximate surface area is 153 Å².